The van der Waals surface area contributed by atoms with Crippen molar-refractivity contribution in [1.82, 2.24) is 0 Å². The first-order valence-electron chi connectivity index (χ1n) is 10.7. The molecule has 1 fully saturated rings. The van der Waals surface area contributed by atoms with Crippen LogP contribution in [0, 0.1) is 5.82 Å². The number of carbonyl (C=O) groups is 2. The first-order chi connectivity index (χ1) is 14.0. The van der Waals surface area contributed by atoms with Crippen molar-refractivity contribution >= 4 is 17.3 Å². The number of rotatable bonds is 7. The molecule has 2 aromatic rings. The second kappa shape index (κ2) is 12.2. The highest BCUT2D eigenvalue weighted by Crippen LogP contribution is 2.20. The Morgan fingerprint density at radius 2 is 1.21 bits per heavy atom. The Morgan fingerprint density at radius 1 is 0.759 bits per heavy atom. The molecule has 1 aliphatic heterocycles. The quantitative estimate of drug-likeness (QED) is 0.503. The highest BCUT2D eigenvalue weighted by Gasteiger charge is 2.11. The molecule has 0 aliphatic carbocycles. The molecule has 0 radical (unpaired) electrons. The van der Waals surface area contributed by atoms with Gasteiger partial charge in [0.1, 0.15) is 5.82 Å². The third-order valence-electron chi connectivity index (χ3n) is 5.03. The summed E-state index contributed by atoms with van der Waals surface area (Å²) in [4.78, 5) is 25.4. The van der Waals surface area contributed by atoms with E-state index in [4.69, 9.17) is 0 Å². The lowest BCUT2D eigenvalue weighted by atomic mass is 10.1. The smallest absolute Gasteiger partial charge is 0.162 e. The molecule has 156 valence electrons. The zero-order valence-corrected chi connectivity index (χ0v) is 17.6. The van der Waals surface area contributed by atoms with Gasteiger partial charge in [-0.3, -0.25) is 9.59 Å². The number of Topliss-reactive ketones (excluding diaryl/α,β-unsaturated/α-hetero) is 2. The lowest BCUT2D eigenvalue weighted by Gasteiger charge is -2.28. The van der Waals surface area contributed by atoms with Gasteiger partial charge in [-0.15, -0.1) is 0 Å². The zero-order chi connectivity index (χ0) is 21.1. The fraction of sp³-hybridized carbons (Fsp3) is 0.440. The average molecular weight is 398 g/mol. The predicted octanol–water partition coefficient (Wildman–Crippen LogP) is 6.47. The summed E-state index contributed by atoms with van der Waals surface area (Å²) in [6, 6.07) is 13.8. The van der Waals surface area contributed by atoms with Gasteiger partial charge in [0.2, 0.25) is 0 Å². The summed E-state index contributed by atoms with van der Waals surface area (Å²) >= 11 is 0. The average Bonchev–Trinajstić information content (AvgIpc) is 2.76. The Kier molecular flexibility index (Phi) is 9.55. The van der Waals surface area contributed by atoms with Gasteiger partial charge in [-0.1, -0.05) is 13.8 Å². The minimum Gasteiger partial charge on any atom is -0.372 e. The van der Waals surface area contributed by atoms with E-state index in [1.807, 2.05) is 26.0 Å². The summed E-state index contributed by atoms with van der Waals surface area (Å²) in [5, 5.41) is 0. The molecule has 0 aromatic heterocycles. The second-order valence-electron chi connectivity index (χ2n) is 7.45. The van der Waals surface area contributed by atoms with Crippen LogP contribution in [-0.2, 0) is 0 Å². The predicted molar refractivity (Wildman–Crippen MR) is 117 cm³/mol. The largest absolute Gasteiger partial charge is 0.372 e. The van der Waals surface area contributed by atoms with E-state index in [-0.39, 0.29) is 17.4 Å². The minimum atomic E-state index is -0.303. The van der Waals surface area contributed by atoms with E-state index < -0.39 is 0 Å². The SMILES string of the molecule is CCCC(=O)c1ccc(F)cc1.CCCC(=O)c1ccc(N2CCCCC2)cc1. The summed E-state index contributed by atoms with van der Waals surface area (Å²) < 4.78 is 12.4. The highest BCUT2D eigenvalue weighted by molar-refractivity contribution is 5.96. The number of halogens is 1. The number of hydrogen-bond acceptors (Lipinski definition) is 3. The van der Waals surface area contributed by atoms with Crippen LogP contribution in [0.15, 0.2) is 48.5 Å². The molecule has 3 nitrogen and oxygen atoms in total. The molecule has 0 amide bonds. The van der Waals surface area contributed by atoms with E-state index in [1.165, 1.54) is 49.2 Å². The van der Waals surface area contributed by atoms with E-state index in [1.54, 1.807) is 0 Å². The molecule has 0 N–H and O–H groups in total. The molecular formula is C25H32FNO2. The molecule has 1 heterocycles. The summed E-state index contributed by atoms with van der Waals surface area (Å²) in [6.07, 6.45) is 6.87. The molecule has 0 bridgehead atoms. The fourth-order valence-electron chi connectivity index (χ4n) is 3.39. The monoisotopic (exact) mass is 397 g/mol. The van der Waals surface area contributed by atoms with E-state index in [0.717, 1.165) is 31.5 Å². The minimum absolute atomic E-state index is 0.0810. The Hall–Kier alpha value is -2.49. The van der Waals surface area contributed by atoms with Crippen LogP contribution in [-0.4, -0.2) is 24.7 Å². The maximum atomic E-state index is 12.4. The molecule has 1 aliphatic rings. The molecular weight excluding hydrogens is 365 g/mol. The molecule has 0 saturated carbocycles. The summed E-state index contributed by atoms with van der Waals surface area (Å²) in [7, 11) is 0. The number of anilines is 1. The Bertz CT molecular complexity index is 762. The van der Waals surface area contributed by atoms with Crippen molar-refractivity contribution in [3.8, 4) is 0 Å². The number of benzene rings is 2. The van der Waals surface area contributed by atoms with Crippen molar-refractivity contribution in [2.75, 3.05) is 18.0 Å². The van der Waals surface area contributed by atoms with E-state index in [0.29, 0.717) is 18.4 Å². The molecule has 3 rings (SSSR count). The van der Waals surface area contributed by atoms with Crippen LogP contribution in [0.1, 0.15) is 79.5 Å². The molecule has 0 spiro atoms. The van der Waals surface area contributed by atoms with Crippen molar-refractivity contribution < 1.29 is 14.0 Å². The number of carbonyl (C=O) groups excluding carboxylic acids is 2. The van der Waals surface area contributed by atoms with Crippen LogP contribution in [0.5, 0.6) is 0 Å². The Labute approximate surface area is 173 Å². The molecule has 2 aromatic carbocycles. The highest BCUT2D eigenvalue weighted by atomic mass is 19.1. The van der Waals surface area contributed by atoms with E-state index >= 15 is 0 Å². The van der Waals surface area contributed by atoms with Crippen LogP contribution in [0.2, 0.25) is 0 Å². The van der Waals surface area contributed by atoms with Crippen molar-refractivity contribution in [1.29, 1.82) is 0 Å². The molecule has 29 heavy (non-hydrogen) atoms. The third kappa shape index (κ3) is 7.45. The maximum Gasteiger partial charge on any atom is 0.162 e. The van der Waals surface area contributed by atoms with Gasteiger partial charge < -0.3 is 4.90 Å². The van der Waals surface area contributed by atoms with Crippen molar-refractivity contribution in [3.05, 3.63) is 65.5 Å². The first kappa shape index (κ1) is 22.8. The first-order valence-corrected chi connectivity index (χ1v) is 10.7. The van der Waals surface area contributed by atoms with Gasteiger partial charge >= 0.3 is 0 Å². The third-order valence-corrected chi connectivity index (χ3v) is 5.03. The van der Waals surface area contributed by atoms with Gasteiger partial charge in [-0.2, -0.15) is 0 Å². The normalized spacial score (nSPS) is 13.4. The van der Waals surface area contributed by atoms with Gasteiger partial charge in [-0.25, -0.2) is 4.39 Å². The summed E-state index contributed by atoms with van der Waals surface area (Å²) in [5.41, 5.74) is 2.71. The van der Waals surface area contributed by atoms with Crippen LogP contribution >= 0.6 is 0 Å². The Balaban J connectivity index is 0.000000221. The van der Waals surface area contributed by atoms with Gasteiger partial charge in [0.25, 0.3) is 0 Å². The number of piperidine rings is 1. The second-order valence-corrected chi connectivity index (χ2v) is 7.45. The Morgan fingerprint density at radius 3 is 1.66 bits per heavy atom. The number of ketones is 2. The van der Waals surface area contributed by atoms with Gasteiger partial charge in [-0.05, 0) is 80.6 Å². The summed E-state index contributed by atoms with van der Waals surface area (Å²) in [5.74, 6) is 0.0400. The summed E-state index contributed by atoms with van der Waals surface area (Å²) in [6.45, 7) is 6.30. The van der Waals surface area contributed by atoms with Crippen molar-refractivity contribution in [2.45, 2.75) is 58.8 Å². The lowest BCUT2D eigenvalue weighted by Crippen LogP contribution is -2.29. The van der Waals surface area contributed by atoms with Crippen molar-refractivity contribution in [3.63, 3.8) is 0 Å². The van der Waals surface area contributed by atoms with Crippen LogP contribution in [0.25, 0.3) is 0 Å². The molecule has 0 atom stereocenters. The number of nitrogens with zero attached hydrogens (tertiary/aromatic N) is 1. The maximum absolute atomic E-state index is 12.4. The standard InChI is InChI=1S/C15H21NO.C10H11FO/c1-2-6-15(17)13-7-9-14(10-8-13)16-11-4-3-5-12-16;1-2-3-10(12)8-4-6-9(11)7-5-8/h7-10H,2-6,11-12H2,1H3;4-7H,2-3H2,1H3. The van der Waals surface area contributed by atoms with Gasteiger partial charge in [0, 0.05) is 42.7 Å². The molecule has 4 heteroatoms. The fourth-order valence-corrected chi connectivity index (χ4v) is 3.39. The molecule has 1 saturated heterocycles. The van der Waals surface area contributed by atoms with Gasteiger partial charge in [0.05, 0.1) is 0 Å². The van der Waals surface area contributed by atoms with Crippen LogP contribution < -0.4 is 4.90 Å². The lowest BCUT2D eigenvalue weighted by molar-refractivity contribution is 0.0973. The topological polar surface area (TPSA) is 37.4 Å². The zero-order valence-electron chi connectivity index (χ0n) is 17.6. The van der Waals surface area contributed by atoms with E-state index in [9.17, 15) is 14.0 Å². The van der Waals surface area contributed by atoms with Crippen LogP contribution in [0.3, 0.4) is 0 Å². The van der Waals surface area contributed by atoms with E-state index in [2.05, 4.69) is 17.0 Å². The van der Waals surface area contributed by atoms with Crippen LogP contribution in [0.4, 0.5) is 10.1 Å². The van der Waals surface area contributed by atoms with Gasteiger partial charge in [0.15, 0.2) is 11.6 Å². The number of hydrogen-bond donors (Lipinski definition) is 0. The van der Waals surface area contributed by atoms with Crippen molar-refractivity contribution in [2.24, 2.45) is 0 Å². The molecule has 0 unspecified atom stereocenters.